The van der Waals surface area contributed by atoms with Crippen LogP contribution < -0.4 is 5.32 Å². The van der Waals surface area contributed by atoms with Gasteiger partial charge in [0.25, 0.3) is 5.91 Å². The van der Waals surface area contributed by atoms with E-state index >= 15 is 0 Å². The van der Waals surface area contributed by atoms with E-state index in [0.29, 0.717) is 21.7 Å². The van der Waals surface area contributed by atoms with Crippen LogP contribution in [0.5, 0.6) is 0 Å². The highest BCUT2D eigenvalue weighted by atomic mass is 35.5. The number of halogens is 4. The van der Waals surface area contributed by atoms with Crippen molar-refractivity contribution in [2.45, 2.75) is 26.0 Å². The fourth-order valence-electron chi connectivity index (χ4n) is 2.19. The van der Waals surface area contributed by atoms with E-state index in [9.17, 15) is 18.4 Å². The Morgan fingerprint density at radius 2 is 1.77 bits per heavy atom. The molecule has 0 aliphatic heterocycles. The molecule has 0 heterocycles. The van der Waals surface area contributed by atoms with Crippen LogP contribution in [0.25, 0.3) is 0 Å². The first-order valence-electron chi connectivity index (χ1n) is 7.60. The first kappa shape index (κ1) is 20.1. The van der Waals surface area contributed by atoms with Crippen LogP contribution in [0.15, 0.2) is 36.4 Å². The average molecular weight is 402 g/mol. The number of rotatable bonds is 5. The van der Waals surface area contributed by atoms with E-state index < -0.39 is 41.2 Å². The number of carbonyl (C=O) groups excluding carboxylic acids is 2. The van der Waals surface area contributed by atoms with Gasteiger partial charge in [0.05, 0.1) is 11.6 Å². The number of carbonyl (C=O) groups is 2. The number of hydrogen-bond acceptors (Lipinski definition) is 3. The van der Waals surface area contributed by atoms with Gasteiger partial charge in [-0.25, -0.2) is 13.6 Å². The molecule has 4 nitrogen and oxygen atoms in total. The van der Waals surface area contributed by atoms with E-state index in [2.05, 4.69) is 5.32 Å². The maximum Gasteiger partial charge on any atom is 0.341 e. The zero-order chi connectivity index (χ0) is 19.4. The molecule has 0 aliphatic carbocycles. The van der Waals surface area contributed by atoms with E-state index in [1.54, 1.807) is 25.1 Å². The predicted octanol–water partition coefficient (Wildman–Crippen LogP) is 4.69. The van der Waals surface area contributed by atoms with Crippen molar-refractivity contribution in [3.63, 3.8) is 0 Å². The number of benzene rings is 2. The minimum absolute atomic E-state index is 0.378. The summed E-state index contributed by atoms with van der Waals surface area (Å²) in [4.78, 5) is 24.1. The quantitative estimate of drug-likeness (QED) is 0.739. The van der Waals surface area contributed by atoms with Crippen molar-refractivity contribution in [1.29, 1.82) is 0 Å². The van der Waals surface area contributed by atoms with Crippen LogP contribution in [-0.4, -0.2) is 18.0 Å². The smallest absolute Gasteiger partial charge is 0.341 e. The van der Waals surface area contributed by atoms with Crippen molar-refractivity contribution in [3.8, 4) is 0 Å². The van der Waals surface area contributed by atoms with Gasteiger partial charge in [-0.1, -0.05) is 29.3 Å². The van der Waals surface area contributed by atoms with Crippen LogP contribution in [0.1, 0.15) is 35.8 Å². The van der Waals surface area contributed by atoms with Crippen molar-refractivity contribution >= 4 is 35.1 Å². The SMILES string of the molecule is C[C@H](OC(=O)c1ccc(F)cc1F)C(=O)N[C@H](C)c1ccc(Cl)cc1Cl. The molecule has 0 bridgehead atoms. The second kappa shape index (κ2) is 8.47. The molecule has 2 rings (SSSR count). The highest BCUT2D eigenvalue weighted by Crippen LogP contribution is 2.26. The van der Waals surface area contributed by atoms with E-state index in [1.807, 2.05) is 0 Å². The topological polar surface area (TPSA) is 55.4 Å². The van der Waals surface area contributed by atoms with Gasteiger partial charge < -0.3 is 10.1 Å². The molecule has 2 aromatic carbocycles. The molecule has 138 valence electrons. The van der Waals surface area contributed by atoms with E-state index in [4.69, 9.17) is 27.9 Å². The zero-order valence-electron chi connectivity index (χ0n) is 13.9. The lowest BCUT2D eigenvalue weighted by Gasteiger charge is -2.19. The number of esters is 1. The molecule has 2 atom stereocenters. The van der Waals surface area contributed by atoms with Gasteiger partial charge in [-0.3, -0.25) is 4.79 Å². The molecule has 26 heavy (non-hydrogen) atoms. The normalized spacial score (nSPS) is 13.0. The number of ether oxygens (including phenoxy) is 1. The van der Waals surface area contributed by atoms with Crippen molar-refractivity contribution in [1.82, 2.24) is 5.32 Å². The van der Waals surface area contributed by atoms with Gasteiger partial charge >= 0.3 is 5.97 Å². The van der Waals surface area contributed by atoms with Crippen LogP contribution in [0.3, 0.4) is 0 Å². The highest BCUT2D eigenvalue weighted by molar-refractivity contribution is 6.35. The molecule has 2 aromatic rings. The third-order valence-corrected chi connectivity index (χ3v) is 4.15. The summed E-state index contributed by atoms with van der Waals surface area (Å²) < 4.78 is 31.4. The van der Waals surface area contributed by atoms with Crippen molar-refractivity contribution in [2.24, 2.45) is 0 Å². The Kier molecular flexibility index (Phi) is 6.56. The number of hydrogen-bond donors (Lipinski definition) is 1. The first-order chi connectivity index (χ1) is 12.2. The van der Waals surface area contributed by atoms with E-state index in [-0.39, 0.29) is 0 Å². The largest absolute Gasteiger partial charge is 0.449 e. The number of amides is 1. The van der Waals surface area contributed by atoms with Crippen molar-refractivity contribution in [2.75, 3.05) is 0 Å². The lowest BCUT2D eigenvalue weighted by molar-refractivity contribution is -0.129. The molecule has 0 saturated heterocycles. The second-order valence-electron chi connectivity index (χ2n) is 5.57. The summed E-state index contributed by atoms with van der Waals surface area (Å²) in [6, 6.07) is 6.80. The summed E-state index contributed by atoms with van der Waals surface area (Å²) in [5, 5.41) is 3.48. The summed E-state index contributed by atoms with van der Waals surface area (Å²) in [7, 11) is 0. The summed E-state index contributed by atoms with van der Waals surface area (Å²) >= 11 is 11.9. The second-order valence-corrected chi connectivity index (χ2v) is 6.41. The molecule has 0 aliphatic rings. The van der Waals surface area contributed by atoms with Crippen LogP contribution >= 0.6 is 23.2 Å². The summed E-state index contributed by atoms with van der Waals surface area (Å²) in [5.74, 6) is -3.55. The Hall–Kier alpha value is -2.18. The fourth-order valence-corrected chi connectivity index (χ4v) is 2.77. The first-order valence-corrected chi connectivity index (χ1v) is 8.36. The Balaban J connectivity index is 2.01. The van der Waals surface area contributed by atoms with Gasteiger partial charge in [0, 0.05) is 16.1 Å². The molecule has 0 radical (unpaired) electrons. The van der Waals surface area contributed by atoms with Crippen molar-refractivity contribution < 1.29 is 23.1 Å². The molecule has 0 unspecified atom stereocenters. The minimum atomic E-state index is -1.19. The fraction of sp³-hybridized carbons (Fsp3) is 0.222. The molecule has 1 N–H and O–H groups in total. The standard InChI is InChI=1S/C18H15Cl2F2NO3/c1-9(13-5-3-11(19)7-15(13)20)23-17(24)10(2)26-18(25)14-6-4-12(21)8-16(14)22/h3-10H,1-2H3,(H,23,24)/t9-,10+/m1/s1. The molecule has 8 heteroatoms. The molecule has 0 fully saturated rings. The Labute approximate surface area is 159 Å². The lowest BCUT2D eigenvalue weighted by Crippen LogP contribution is -2.37. The van der Waals surface area contributed by atoms with Crippen LogP contribution in [0.2, 0.25) is 10.0 Å². The Morgan fingerprint density at radius 3 is 2.38 bits per heavy atom. The van der Waals surface area contributed by atoms with E-state index in [1.165, 1.54) is 6.92 Å². The highest BCUT2D eigenvalue weighted by Gasteiger charge is 2.23. The summed E-state index contributed by atoms with van der Waals surface area (Å²) in [6.45, 7) is 3.03. The monoisotopic (exact) mass is 401 g/mol. The van der Waals surface area contributed by atoms with Gasteiger partial charge in [-0.2, -0.15) is 0 Å². The lowest BCUT2D eigenvalue weighted by atomic mass is 10.1. The molecule has 0 saturated carbocycles. The van der Waals surface area contributed by atoms with Crippen LogP contribution in [0, 0.1) is 11.6 Å². The predicted molar refractivity (Wildman–Crippen MR) is 94.3 cm³/mol. The maximum absolute atomic E-state index is 13.6. The van der Waals surface area contributed by atoms with Gasteiger partial charge in [0.2, 0.25) is 0 Å². The Morgan fingerprint density at radius 1 is 1.08 bits per heavy atom. The third kappa shape index (κ3) is 4.93. The van der Waals surface area contributed by atoms with Gasteiger partial charge in [-0.15, -0.1) is 0 Å². The van der Waals surface area contributed by atoms with E-state index in [0.717, 1.165) is 12.1 Å². The van der Waals surface area contributed by atoms with Crippen LogP contribution in [0.4, 0.5) is 8.78 Å². The summed E-state index contributed by atoms with van der Waals surface area (Å²) in [6.07, 6.45) is -1.19. The molecule has 0 spiro atoms. The van der Waals surface area contributed by atoms with Gasteiger partial charge in [-0.05, 0) is 43.7 Å². The molecule has 1 amide bonds. The maximum atomic E-state index is 13.6. The Bertz CT molecular complexity index is 845. The third-order valence-electron chi connectivity index (χ3n) is 3.59. The number of nitrogens with one attached hydrogen (secondary N) is 1. The summed E-state index contributed by atoms with van der Waals surface area (Å²) in [5.41, 5.74) is 0.173. The van der Waals surface area contributed by atoms with Gasteiger partial charge in [0.15, 0.2) is 6.10 Å². The molecular formula is C18H15Cl2F2NO3. The van der Waals surface area contributed by atoms with Gasteiger partial charge in [0.1, 0.15) is 11.6 Å². The average Bonchev–Trinajstić information content (AvgIpc) is 2.54. The van der Waals surface area contributed by atoms with Crippen LogP contribution in [-0.2, 0) is 9.53 Å². The zero-order valence-corrected chi connectivity index (χ0v) is 15.4. The van der Waals surface area contributed by atoms with Crippen molar-refractivity contribution in [3.05, 3.63) is 69.2 Å². The minimum Gasteiger partial charge on any atom is -0.449 e. The molecule has 0 aromatic heterocycles. The molecular weight excluding hydrogens is 387 g/mol.